The van der Waals surface area contributed by atoms with Crippen molar-refractivity contribution in [3.05, 3.63) is 77.7 Å². The first-order chi connectivity index (χ1) is 12.6. The van der Waals surface area contributed by atoms with Crippen molar-refractivity contribution in [3.8, 4) is 11.3 Å². The summed E-state index contributed by atoms with van der Waals surface area (Å²) in [5.74, 6) is -0.549. The Morgan fingerprint density at radius 1 is 1.19 bits per heavy atom. The summed E-state index contributed by atoms with van der Waals surface area (Å²) in [5.41, 5.74) is 9.65. The second-order valence-corrected chi connectivity index (χ2v) is 5.80. The maximum absolute atomic E-state index is 13.1. The molecule has 5 nitrogen and oxygen atoms in total. The van der Waals surface area contributed by atoms with Gasteiger partial charge in [-0.3, -0.25) is 9.48 Å². The van der Waals surface area contributed by atoms with Gasteiger partial charge in [0.1, 0.15) is 5.82 Å². The van der Waals surface area contributed by atoms with E-state index >= 15 is 0 Å². The van der Waals surface area contributed by atoms with E-state index in [-0.39, 0.29) is 11.7 Å². The van der Waals surface area contributed by atoms with Gasteiger partial charge < -0.3 is 11.1 Å². The van der Waals surface area contributed by atoms with Gasteiger partial charge >= 0.3 is 0 Å². The minimum Gasteiger partial charge on any atom is -0.326 e. The number of rotatable bonds is 5. The predicted octanol–water partition coefficient (Wildman–Crippen LogP) is 3.34. The normalized spacial score (nSPS) is 11.0. The van der Waals surface area contributed by atoms with Crippen molar-refractivity contribution in [2.45, 2.75) is 6.54 Å². The van der Waals surface area contributed by atoms with Crippen LogP contribution in [0.1, 0.15) is 11.1 Å². The number of hydrogen-bond acceptors (Lipinski definition) is 3. The summed E-state index contributed by atoms with van der Waals surface area (Å²) in [6, 6.07) is 13.5. The minimum absolute atomic E-state index is 0.251. The van der Waals surface area contributed by atoms with Gasteiger partial charge in [0.2, 0.25) is 5.91 Å². The van der Waals surface area contributed by atoms with E-state index in [2.05, 4.69) is 10.4 Å². The Morgan fingerprint density at radius 3 is 2.54 bits per heavy atom. The standard InChI is InChI=1S/C20H19FN4O/c1-25-20(15-4-7-17(21)8-5-15)16(13-23-25)6-11-19(26)24-18-9-2-14(12-22)3-10-18/h2-11,13H,12,22H2,1H3,(H,24,26)/b11-6+. The fourth-order valence-electron chi connectivity index (χ4n) is 2.61. The van der Waals surface area contributed by atoms with E-state index in [1.165, 1.54) is 18.2 Å². The number of hydrogen-bond donors (Lipinski definition) is 2. The van der Waals surface area contributed by atoms with E-state index in [1.807, 2.05) is 24.3 Å². The number of carbonyl (C=O) groups is 1. The molecule has 1 amide bonds. The van der Waals surface area contributed by atoms with Crippen LogP contribution in [-0.2, 0) is 18.4 Å². The lowest BCUT2D eigenvalue weighted by Gasteiger charge is -2.05. The first-order valence-electron chi connectivity index (χ1n) is 8.13. The molecule has 0 atom stereocenters. The molecule has 0 radical (unpaired) electrons. The lowest BCUT2D eigenvalue weighted by Crippen LogP contribution is -2.08. The molecule has 132 valence electrons. The van der Waals surface area contributed by atoms with Crippen LogP contribution in [0.15, 0.2) is 60.8 Å². The summed E-state index contributed by atoms with van der Waals surface area (Å²) in [5, 5.41) is 7.02. The number of nitrogens with zero attached hydrogens (tertiary/aromatic N) is 2. The highest BCUT2D eigenvalue weighted by Crippen LogP contribution is 2.24. The minimum atomic E-state index is -0.298. The molecule has 26 heavy (non-hydrogen) atoms. The maximum Gasteiger partial charge on any atom is 0.248 e. The van der Waals surface area contributed by atoms with E-state index in [0.29, 0.717) is 12.2 Å². The number of nitrogens with two attached hydrogens (primary N) is 1. The van der Waals surface area contributed by atoms with Crippen LogP contribution in [-0.4, -0.2) is 15.7 Å². The zero-order valence-corrected chi connectivity index (χ0v) is 14.3. The van der Waals surface area contributed by atoms with Crippen LogP contribution in [0.5, 0.6) is 0 Å². The second kappa shape index (κ2) is 7.76. The molecule has 0 bridgehead atoms. The maximum atomic E-state index is 13.1. The van der Waals surface area contributed by atoms with Gasteiger partial charge in [-0.1, -0.05) is 12.1 Å². The fraction of sp³-hybridized carbons (Fsp3) is 0.100. The van der Waals surface area contributed by atoms with Crippen LogP contribution in [0.3, 0.4) is 0 Å². The van der Waals surface area contributed by atoms with E-state index in [4.69, 9.17) is 5.73 Å². The van der Waals surface area contributed by atoms with Crippen LogP contribution in [0, 0.1) is 5.82 Å². The van der Waals surface area contributed by atoms with Gasteiger partial charge in [-0.05, 0) is 48.0 Å². The van der Waals surface area contributed by atoms with E-state index in [1.54, 1.807) is 36.1 Å². The molecule has 0 fully saturated rings. The second-order valence-electron chi connectivity index (χ2n) is 5.80. The van der Waals surface area contributed by atoms with Crippen LogP contribution in [0.2, 0.25) is 0 Å². The number of amides is 1. The van der Waals surface area contributed by atoms with Gasteiger partial charge in [0.25, 0.3) is 0 Å². The number of carbonyl (C=O) groups excluding carboxylic acids is 1. The highest BCUT2D eigenvalue weighted by atomic mass is 19.1. The Hall–Kier alpha value is -3.25. The SMILES string of the molecule is Cn1ncc(/C=C/C(=O)Nc2ccc(CN)cc2)c1-c1ccc(F)cc1. The largest absolute Gasteiger partial charge is 0.326 e. The number of aryl methyl sites for hydroxylation is 1. The van der Waals surface area contributed by atoms with Crippen molar-refractivity contribution in [3.63, 3.8) is 0 Å². The Bertz CT molecular complexity index is 927. The van der Waals surface area contributed by atoms with E-state index in [9.17, 15) is 9.18 Å². The van der Waals surface area contributed by atoms with Gasteiger partial charge in [-0.15, -0.1) is 0 Å². The molecular weight excluding hydrogens is 331 g/mol. The smallest absolute Gasteiger partial charge is 0.248 e. The lowest BCUT2D eigenvalue weighted by molar-refractivity contribution is -0.111. The van der Waals surface area contributed by atoms with Crippen molar-refractivity contribution >= 4 is 17.7 Å². The molecule has 0 aliphatic carbocycles. The summed E-state index contributed by atoms with van der Waals surface area (Å²) in [6.07, 6.45) is 4.80. The van der Waals surface area contributed by atoms with Crippen molar-refractivity contribution in [2.75, 3.05) is 5.32 Å². The summed E-state index contributed by atoms with van der Waals surface area (Å²) >= 11 is 0. The lowest BCUT2D eigenvalue weighted by atomic mass is 10.1. The average molecular weight is 350 g/mol. The summed E-state index contributed by atoms with van der Waals surface area (Å²) in [6.45, 7) is 0.460. The fourth-order valence-corrected chi connectivity index (χ4v) is 2.61. The van der Waals surface area contributed by atoms with Gasteiger partial charge in [-0.25, -0.2) is 4.39 Å². The molecule has 0 aliphatic rings. The third kappa shape index (κ3) is 4.04. The molecule has 0 spiro atoms. The molecule has 0 saturated heterocycles. The molecule has 0 aliphatic heterocycles. The van der Waals surface area contributed by atoms with Crippen molar-refractivity contribution in [2.24, 2.45) is 12.8 Å². The summed E-state index contributed by atoms with van der Waals surface area (Å²) < 4.78 is 14.8. The molecule has 3 aromatic rings. The Kier molecular flexibility index (Phi) is 5.24. The van der Waals surface area contributed by atoms with Crippen LogP contribution in [0.25, 0.3) is 17.3 Å². The number of aromatic nitrogens is 2. The zero-order chi connectivity index (χ0) is 18.5. The molecule has 0 unspecified atom stereocenters. The number of nitrogens with one attached hydrogen (secondary N) is 1. The predicted molar refractivity (Wildman–Crippen MR) is 101 cm³/mol. The molecule has 1 aromatic heterocycles. The molecular formula is C20H19FN4O. The molecule has 6 heteroatoms. The van der Waals surface area contributed by atoms with Gasteiger partial charge in [-0.2, -0.15) is 5.10 Å². The highest BCUT2D eigenvalue weighted by molar-refractivity contribution is 6.02. The van der Waals surface area contributed by atoms with Crippen molar-refractivity contribution < 1.29 is 9.18 Å². The number of benzene rings is 2. The number of anilines is 1. The van der Waals surface area contributed by atoms with Crippen LogP contribution in [0.4, 0.5) is 10.1 Å². The van der Waals surface area contributed by atoms with E-state index in [0.717, 1.165) is 22.4 Å². The Labute approximate surface area is 151 Å². The molecule has 3 N–H and O–H groups in total. The van der Waals surface area contributed by atoms with Gasteiger partial charge in [0, 0.05) is 36.5 Å². The molecule has 1 heterocycles. The molecule has 2 aromatic carbocycles. The topological polar surface area (TPSA) is 72.9 Å². The third-order valence-corrected chi connectivity index (χ3v) is 3.96. The third-order valence-electron chi connectivity index (χ3n) is 3.96. The monoisotopic (exact) mass is 350 g/mol. The van der Waals surface area contributed by atoms with Crippen molar-refractivity contribution in [1.82, 2.24) is 9.78 Å². The van der Waals surface area contributed by atoms with Crippen molar-refractivity contribution in [1.29, 1.82) is 0 Å². The molecule has 0 saturated carbocycles. The Morgan fingerprint density at radius 2 is 1.88 bits per heavy atom. The first-order valence-corrected chi connectivity index (χ1v) is 8.13. The van der Waals surface area contributed by atoms with Gasteiger partial charge in [0.05, 0.1) is 11.9 Å². The highest BCUT2D eigenvalue weighted by Gasteiger charge is 2.09. The summed E-state index contributed by atoms with van der Waals surface area (Å²) in [4.78, 5) is 12.1. The van der Waals surface area contributed by atoms with Gasteiger partial charge in [0.15, 0.2) is 0 Å². The average Bonchev–Trinajstić information content (AvgIpc) is 3.02. The van der Waals surface area contributed by atoms with Crippen LogP contribution >= 0.6 is 0 Å². The summed E-state index contributed by atoms with van der Waals surface area (Å²) in [7, 11) is 1.80. The van der Waals surface area contributed by atoms with Crippen LogP contribution < -0.4 is 11.1 Å². The quantitative estimate of drug-likeness (QED) is 0.693. The molecule has 3 rings (SSSR count). The zero-order valence-electron chi connectivity index (χ0n) is 14.3. The number of halogens is 1. The van der Waals surface area contributed by atoms with E-state index < -0.39 is 0 Å². The first kappa shape index (κ1) is 17.6. The Balaban J connectivity index is 1.75.